The number of hydrogen-bond acceptors (Lipinski definition) is 2. The van der Waals surface area contributed by atoms with Gasteiger partial charge in [0.05, 0.1) is 18.8 Å². The number of methoxy groups -OCH3 is 1. The summed E-state index contributed by atoms with van der Waals surface area (Å²) in [6.45, 7) is 2.15. The second-order valence-corrected chi connectivity index (χ2v) is 5.79. The van der Waals surface area contributed by atoms with E-state index in [1.807, 2.05) is 30.3 Å². The van der Waals surface area contributed by atoms with Gasteiger partial charge in [0.1, 0.15) is 5.75 Å². The molecule has 0 aromatic heterocycles. The van der Waals surface area contributed by atoms with Crippen LogP contribution in [0.4, 0.5) is 5.69 Å². The van der Waals surface area contributed by atoms with Crippen molar-refractivity contribution in [2.24, 2.45) is 0 Å². The van der Waals surface area contributed by atoms with Crippen molar-refractivity contribution >= 4 is 33.2 Å². The van der Waals surface area contributed by atoms with Gasteiger partial charge in [-0.2, -0.15) is 0 Å². The van der Waals surface area contributed by atoms with Gasteiger partial charge in [0.2, 0.25) is 0 Å². The Balaban J connectivity index is 2.21. The molecule has 1 unspecified atom stereocenters. The molecule has 0 aliphatic carbocycles. The second kappa shape index (κ2) is 7.00. The van der Waals surface area contributed by atoms with Crippen molar-refractivity contribution in [3.8, 4) is 5.75 Å². The zero-order valence-electron chi connectivity index (χ0n) is 11.5. The molecule has 0 fully saturated rings. The molecule has 1 atom stereocenters. The van der Waals surface area contributed by atoms with Crippen molar-refractivity contribution in [1.82, 2.24) is 0 Å². The Morgan fingerprint density at radius 2 is 1.90 bits per heavy atom. The largest absolute Gasteiger partial charge is 0.497 e. The molecular weight excluding hydrogens is 338 g/mol. The summed E-state index contributed by atoms with van der Waals surface area (Å²) >= 11 is 9.59. The van der Waals surface area contributed by atoms with Gasteiger partial charge >= 0.3 is 0 Å². The van der Waals surface area contributed by atoms with Gasteiger partial charge < -0.3 is 10.1 Å². The van der Waals surface area contributed by atoms with E-state index in [-0.39, 0.29) is 6.04 Å². The minimum Gasteiger partial charge on any atom is -0.497 e. The number of rotatable bonds is 5. The van der Waals surface area contributed by atoms with Gasteiger partial charge in [-0.1, -0.05) is 30.7 Å². The predicted molar refractivity (Wildman–Crippen MR) is 88.8 cm³/mol. The molecule has 0 spiro atoms. The van der Waals surface area contributed by atoms with Crippen LogP contribution in [0.15, 0.2) is 46.9 Å². The molecule has 0 aliphatic heterocycles. The van der Waals surface area contributed by atoms with E-state index in [9.17, 15) is 0 Å². The van der Waals surface area contributed by atoms with E-state index in [1.165, 1.54) is 5.56 Å². The monoisotopic (exact) mass is 353 g/mol. The molecule has 0 aliphatic rings. The van der Waals surface area contributed by atoms with E-state index in [1.54, 1.807) is 7.11 Å². The summed E-state index contributed by atoms with van der Waals surface area (Å²) in [4.78, 5) is 0. The fourth-order valence-corrected chi connectivity index (χ4v) is 2.59. The summed E-state index contributed by atoms with van der Waals surface area (Å²) in [5.74, 6) is 0.868. The van der Waals surface area contributed by atoms with Crippen LogP contribution in [0.25, 0.3) is 0 Å². The zero-order chi connectivity index (χ0) is 14.5. The van der Waals surface area contributed by atoms with E-state index < -0.39 is 0 Å². The van der Waals surface area contributed by atoms with Crippen molar-refractivity contribution in [2.45, 2.75) is 19.4 Å². The third kappa shape index (κ3) is 3.68. The van der Waals surface area contributed by atoms with Crippen LogP contribution in [0.3, 0.4) is 0 Å². The van der Waals surface area contributed by atoms with Crippen LogP contribution in [0.2, 0.25) is 5.02 Å². The molecule has 2 rings (SSSR count). The summed E-state index contributed by atoms with van der Waals surface area (Å²) < 4.78 is 6.20. The van der Waals surface area contributed by atoms with E-state index in [0.717, 1.165) is 27.4 Å². The van der Waals surface area contributed by atoms with Gasteiger partial charge in [0.25, 0.3) is 0 Å². The van der Waals surface area contributed by atoms with Crippen LogP contribution in [-0.2, 0) is 0 Å². The SMILES string of the molecule is CCC(Nc1cc(Cl)ccc1Br)c1ccc(OC)cc1. The lowest BCUT2D eigenvalue weighted by Crippen LogP contribution is -2.10. The van der Waals surface area contributed by atoms with Crippen molar-refractivity contribution in [3.63, 3.8) is 0 Å². The number of hydrogen-bond donors (Lipinski definition) is 1. The molecule has 0 saturated carbocycles. The maximum atomic E-state index is 6.05. The van der Waals surface area contributed by atoms with Crippen molar-refractivity contribution in [2.75, 3.05) is 12.4 Å². The summed E-state index contributed by atoms with van der Waals surface area (Å²) in [5, 5.41) is 4.24. The van der Waals surface area contributed by atoms with Crippen LogP contribution in [-0.4, -0.2) is 7.11 Å². The highest BCUT2D eigenvalue weighted by atomic mass is 79.9. The Morgan fingerprint density at radius 3 is 2.50 bits per heavy atom. The van der Waals surface area contributed by atoms with Crippen LogP contribution >= 0.6 is 27.5 Å². The van der Waals surface area contributed by atoms with Gasteiger partial charge in [-0.15, -0.1) is 0 Å². The molecule has 0 radical (unpaired) electrons. The Morgan fingerprint density at radius 1 is 1.20 bits per heavy atom. The molecular formula is C16H17BrClNO. The highest BCUT2D eigenvalue weighted by Crippen LogP contribution is 2.31. The van der Waals surface area contributed by atoms with Crippen LogP contribution in [0.5, 0.6) is 5.75 Å². The molecule has 2 nitrogen and oxygen atoms in total. The molecule has 0 heterocycles. The minimum absolute atomic E-state index is 0.232. The van der Waals surface area contributed by atoms with Gasteiger partial charge in [-0.05, 0) is 58.2 Å². The number of anilines is 1. The molecule has 20 heavy (non-hydrogen) atoms. The first kappa shape index (κ1) is 15.2. The smallest absolute Gasteiger partial charge is 0.118 e. The molecule has 0 bridgehead atoms. The number of nitrogens with one attached hydrogen (secondary N) is 1. The molecule has 0 saturated heterocycles. The summed E-state index contributed by atoms with van der Waals surface area (Å²) in [7, 11) is 1.67. The van der Waals surface area contributed by atoms with E-state index >= 15 is 0 Å². The van der Waals surface area contributed by atoms with E-state index in [4.69, 9.17) is 16.3 Å². The fourth-order valence-electron chi connectivity index (χ4n) is 2.05. The number of halogens is 2. The summed E-state index contributed by atoms with van der Waals surface area (Å²) in [5.41, 5.74) is 2.22. The average Bonchev–Trinajstić information content (AvgIpc) is 2.48. The van der Waals surface area contributed by atoms with Crippen LogP contribution in [0.1, 0.15) is 24.9 Å². The first-order chi connectivity index (χ1) is 9.63. The first-order valence-corrected chi connectivity index (χ1v) is 7.66. The molecule has 2 aromatic rings. The Bertz CT molecular complexity index is 571. The van der Waals surface area contributed by atoms with E-state index in [0.29, 0.717) is 0 Å². The predicted octanol–water partition coefficient (Wildman–Crippen LogP) is 5.67. The lowest BCUT2D eigenvalue weighted by molar-refractivity contribution is 0.414. The maximum Gasteiger partial charge on any atom is 0.118 e. The van der Waals surface area contributed by atoms with Crippen LogP contribution < -0.4 is 10.1 Å². The van der Waals surface area contributed by atoms with Crippen molar-refractivity contribution in [1.29, 1.82) is 0 Å². The minimum atomic E-state index is 0.232. The van der Waals surface area contributed by atoms with Gasteiger partial charge in [0, 0.05) is 9.50 Å². The third-order valence-corrected chi connectivity index (χ3v) is 4.11. The third-order valence-electron chi connectivity index (χ3n) is 3.18. The zero-order valence-corrected chi connectivity index (χ0v) is 13.8. The summed E-state index contributed by atoms with van der Waals surface area (Å²) in [6, 6.07) is 14.1. The standard InChI is InChI=1S/C16H17BrClNO/c1-3-15(11-4-7-13(20-2)8-5-11)19-16-10-12(18)6-9-14(16)17/h4-10,15,19H,3H2,1-2H3. The normalized spacial score (nSPS) is 12.0. The Kier molecular flexibility index (Phi) is 5.32. The first-order valence-electron chi connectivity index (χ1n) is 6.49. The lowest BCUT2D eigenvalue weighted by Gasteiger charge is -2.20. The fraction of sp³-hybridized carbons (Fsp3) is 0.250. The molecule has 4 heteroatoms. The molecule has 1 N–H and O–H groups in total. The van der Waals surface area contributed by atoms with Gasteiger partial charge in [-0.3, -0.25) is 0 Å². The second-order valence-electron chi connectivity index (χ2n) is 4.50. The Hall–Kier alpha value is -1.19. The van der Waals surface area contributed by atoms with E-state index in [2.05, 4.69) is 40.3 Å². The topological polar surface area (TPSA) is 21.3 Å². The average molecular weight is 355 g/mol. The Labute approximate surface area is 133 Å². The lowest BCUT2D eigenvalue weighted by atomic mass is 10.0. The van der Waals surface area contributed by atoms with Crippen molar-refractivity contribution in [3.05, 3.63) is 57.5 Å². The highest BCUT2D eigenvalue weighted by Gasteiger charge is 2.11. The number of ether oxygens (including phenoxy) is 1. The summed E-state index contributed by atoms with van der Waals surface area (Å²) in [6.07, 6.45) is 0.977. The van der Waals surface area contributed by atoms with Crippen molar-refractivity contribution < 1.29 is 4.74 Å². The maximum absolute atomic E-state index is 6.05. The number of benzene rings is 2. The highest BCUT2D eigenvalue weighted by molar-refractivity contribution is 9.10. The molecule has 106 valence electrons. The molecule has 2 aromatic carbocycles. The van der Waals surface area contributed by atoms with Gasteiger partial charge in [0.15, 0.2) is 0 Å². The van der Waals surface area contributed by atoms with Gasteiger partial charge in [-0.25, -0.2) is 0 Å². The quantitative estimate of drug-likeness (QED) is 0.746. The van der Waals surface area contributed by atoms with Crippen LogP contribution in [0, 0.1) is 0 Å². The molecule has 0 amide bonds.